The molecule has 0 aliphatic rings. The molecule has 0 fully saturated rings. The molecule has 3 nitrogen and oxygen atoms in total. The van der Waals surface area contributed by atoms with Crippen molar-refractivity contribution in [3.05, 3.63) is 51.8 Å². The summed E-state index contributed by atoms with van der Waals surface area (Å²) in [6.45, 7) is 0. The molecule has 14 heavy (non-hydrogen) atoms. The molecule has 0 saturated carbocycles. The van der Waals surface area contributed by atoms with Crippen LogP contribution in [0.3, 0.4) is 0 Å². The number of aromatic nitrogens is 1. The van der Waals surface area contributed by atoms with E-state index in [1.54, 1.807) is 12.3 Å². The number of pyridine rings is 1. The maximum absolute atomic E-state index is 11.6. The summed E-state index contributed by atoms with van der Waals surface area (Å²) in [5.41, 5.74) is -0.0918. The zero-order chi connectivity index (χ0) is 9.97. The van der Waals surface area contributed by atoms with Crippen LogP contribution in [0.2, 0.25) is 0 Å². The van der Waals surface area contributed by atoms with E-state index in [4.69, 9.17) is 0 Å². The molecule has 0 N–H and O–H groups in total. The Kier molecular flexibility index (Phi) is 2.28. The molecule has 2 aromatic heterocycles. The lowest BCUT2D eigenvalue weighted by Crippen LogP contribution is -2.20. The second kappa shape index (κ2) is 3.59. The van der Waals surface area contributed by atoms with Crippen LogP contribution in [0.1, 0.15) is 10.4 Å². The Morgan fingerprint density at radius 1 is 1.29 bits per heavy atom. The third-order valence-electron chi connectivity index (χ3n) is 1.85. The number of aldehydes is 1. The first-order valence-electron chi connectivity index (χ1n) is 4.03. The van der Waals surface area contributed by atoms with Gasteiger partial charge in [-0.05, 0) is 29.6 Å². The first kappa shape index (κ1) is 8.90. The molecule has 2 rings (SSSR count). The van der Waals surface area contributed by atoms with E-state index in [9.17, 15) is 9.59 Å². The molecular formula is C10H7NO2S. The second-order valence-electron chi connectivity index (χ2n) is 2.71. The average Bonchev–Trinajstić information content (AvgIpc) is 2.71. The lowest BCUT2D eigenvalue weighted by atomic mass is 10.3. The maximum atomic E-state index is 11.6. The molecule has 0 spiro atoms. The number of hydrogen-bond donors (Lipinski definition) is 0. The van der Waals surface area contributed by atoms with Gasteiger partial charge in [0.15, 0.2) is 6.29 Å². The topological polar surface area (TPSA) is 39.1 Å². The predicted molar refractivity (Wildman–Crippen MR) is 55.3 cm³/mol. The van der Waals surface area contributed by atoms with Gasteiger partial charge in [0, 0.05) is 6.20 Å². The van der Waals surface area contributed by atoms with Crippen LogP contribution >= 0.6 is 11.3 Å². The summed E-state index contributed by atoms with van der Waals surface area (Å²) in [5.74, 6) is 0. The SMILES string of the molecule is O=Cc1cccn(-c2cccs2)c1=O. The first-order valence-corrected chi connectivity index (χ1v) is 4.91. The van der Waals surface area contributed by atoms with Gasteiger partial charge in [-0.3, -0.25) is 14.2 Å². The minimum absolute atomic E-state index is 0.181. The van der Waals surface area contributed by atoms with E-state index >= 15 is 0 Å². The van der Waals surface area contributed by atoms with Crippen molar-refractivity contribution in [1.82, 2.24) is 4.57 Å². The highest BCUT2D eigenvalue weighted by atomic mass is 32.1. The van der Waals surface area contributed by atoms with E-state index in [0.29, 0.717) is 6.29 Å². The Morgan fingerprint density at radius 3 is 2.79 bits per heavy atom. The van der Waals surface area contributed by atoms with Crippen LogP contribution in [-0.4, -0.2) is 10.9 Å². The molecule has 0 aliphatic carbocycles. The molecule has 0 atom stereocenters. The summed E-state index contributed by atoms with van der Waals surface area (Å²) in [5, 5.41) is 2.70. The highest BCUT2D eigenvalue weighted by molar-refractivity contribution is 7.12. The largest absolute Gasteiger partial charge is 0.298 e. The van der Waals surface area contributed by atoms with E-state index in [1.807, 2.05) is 17.5 Å². The fraction of sp³-hybridized carbons (Fsp3) is 0. The molecule has 2 aromatic rings. The Bertz CT molecular complexity index is 499. The molecule has 0 bridgehead atoms. The molecule has 2 heterocycles. The lowest BCUT2D eigenvalue weighted by molar-refractivity contribution is 0.112. The number of rotatable bonds is 2. The highest BCUT2D eigenvalue weighted by Crippen LogP contribution is 2.12. The molecular weight excluding hydrogens is 198 g/mol. The molecule has 4 heteroatoms. The van der Waals surface area contributed by atoms with E-state index < -0.39 is 0 Å². The first-order chi connectivity index (χ1) is 6.83. The summed E-state index contributed by atoms with van der Waals surface area (Å²) in [4.78, 5) is 22.2. The van der Waals surface area contributed by atoms with Crippen LogP contribution in [0.5, 0.6) is 0 Å². The quantitative estimate of drug-likeness (QED) is 0.700. The third kappa shape index (κ3) is 1.40. The Balaban J connectivity index is 2.66. The fourth-order valence-electron chi connectivity index (χ4n) is 1.18. The van der Waals surface area contributed by atoms with Crippen molar-refractivity contribution >= 4 is 17.6 Å². The summed E-state index contributed by atoms with van der Waals surface area (Å²) in [7, 11) is 0. The minimum atomic E-state index is -0.273. The van der Waals surface area contributed by atoms with Crippen LogP contribution in [0.25, 0.3) is 5.00 Å². The van der Waals surface area contributed by atoms with Crippen molar-refractivity contribution < 1.29 is 4.79 Å². The van der Waals surface area contributed by atoms with E-state index in [0.717, 1.165) is 5.00 Å². The summed E-state index contributed by atoms with van der Waals surface area (Å²) >= 11 is 1.46. The average molecular weight is 205 g/mol. The van der Waals surface area contributed by atoms with Crippen LogP contribution in [0.4, 0.5) is 0 Å². The third-order valence-corrected chi connectivity index (χ3v) is 2.71. The molecule has 0 amide bonds. The van der Waals surface area contributed by atoms with Crippen LogP contribution in [0, 0.1) is 0 Å². The van der Waals surface area contributed by atoms with Gasteiger partial charge >= 0.3 is 0 Å². The van der Waals surface area contributed by atoms with Gasteiger partial charge in [0.05, 0.1) is 5.56 Å². The number of carbonyl (C=O) groups excluding carboxylic acids is 1. The molecule has 70 valence electrons. The fourth-order valence-corrected chi connectivity index (χ4v) is 1.89. The predicted octanol–water partition coefficient (Wildman–Crippen LogP) is 1.71. The zero-order valence-electron chi connectivity index (χ0n) is 7.21. The van der Waals surface area contributed by atoms with E-state index in [-0.39, 0.29) is 11.1 Å². The van der Waals surface area contributed by atoms with Crippen molar-refractivity contribution in [1.29, 1.82) is 0 Å². The van der Waals surface area contributed by atoms with Gasteiger partial charge in [0.25, 0.3) is 5.56 Å². The Hall–Kier alpha value is -1.68. The number of hydrogen-bond acceptors (Lipinski definition) is 3. The Morgan fingerprint density at radius 2 is 2.14 bits per heavy atom. The monoisotopic (exact) mass is 205 g/mol. The molecule has 0 saturated heterocycles. The Labute approximate surface area is 84.2 Å². The number of carbonyl (C=O) groups is 1. The molecule has 0 unspecified atom stereocenters. The minimum Gasteiger partial charge on any atom is -0.298 e. The van der Waals surface area contributed by atoms with Gasteiger partial charge in [0.2, 0.25) is 0 Å². The van der Waals surface area contributed by atoms with Crippen molar-refractivity contribution in [2.45, 2.75) is 0 Å². The number of thiophene rings is 1. The van der Waals surface area contributed by atoms with Crippen molar-refractivity contribution in [2.24, 2.45) is 0 Å². The lowest BCUT2D eigenvalue weighted by Gasteiger charge is -2.01. The van der Waals surface area contributed by atoms with Crippen LogP contribution in [-0.2, 0) is 0 Å². The van der Waals surface area contributed by atoms with Gasteiger partial charge in [-0.2, -0.15) is 0 Å². The molecule has 0 aromatic carbocycles. The molecule has 0 radical (unpaired) electrons. The van der Waals surface area contributed by atoms with Crippen molar-refractivity contribution in [3.8, 4) is 5.00 Å². The normalized spacial score (nSPS) is 10.0. The van der Waals surface area contributed by atoms with Crippen LogP contribution in [0.15, 0.2) is 40.6 Å². The summed E-state index contributed by atoms with van der Waals surface area (Å²) in [6.07, 6.45) is 2.23. The van der Waals surface area contributed by atoms with Crippen molar-refractivity contribution in [3.63, 3.8) is 0 Å². The van der Waals surface area contributed by atoms with Gasteiger partial charge in [-0.25, -0.2) is 0 Å². The summed E-state index contributed by atoms with van der Waals surface area (Å²) < 4.78 is 1.47. The van der Waals surface area contributed by atoms with Crippen molar-refractivity contribution in [2.75, 3.05) is 0 Å². The molecule has 0 aliphatic heterocycles. The van der Waals surface area contributed by atoms with Gasteiger partial charge in [-0.15, -0.1) is 11.3 Å². The van der Waals surface area contributed by atoms with Crippen LogP contribution < -0.4 is 5.56 Å². The zero-order valence-corrected chi connectivity index (χ0v) is 8.03. The van der Waals surface area contributed by atoms with E-state index in [2.05, 4.69) is 0 Å². The summed E-state index contributed by atoms with van der Waals surface area (Å²) in [6, 6.07) is 6.89. The highest BCUT2D eigenvalue weighted by Gasteiger charge is 2.03. The maximum Gasteiger partial charge on any atom is 0.266 e. The number of nitrogens with zero attached hydrogens (tertiary/aromatic N) is 1. The standard InChI is InChI=1S/C10H7NO2S/c12-7-8-3-1-5-11(10(8)13)9-4-2-6-14-9/h1-7H. The van der Waals surface area contributed by atoms with Gasteiger partial charge in [-0.1, -0.05) is 0 Å². The van der Waals surface area contributed by atoms with Gasteiger partial charge < -0.3 is 0 Å². The smallest absolute Gasteiger partial charge is 0.266 e. The second-order valence-corrected chi connectivity index (χ2v) is 3.63. The van der Waals surface area contributed by atoms with E-state index in [1.165, 1.54) is 22.0 Å². The van der Waals surface area contributed by atoms with Gasteiger partial charge in [0.1, 0.15) is 5.00 Å².